The molecule has 1 saturated heterocycles. The number of nitrogens with two attached hydrogens (primary N) is 1. The van der Waals surface area contributed by atoms with Gasteiger partial charge in [0.2, 0.25) is 5.91 Å². The molecule has 1 aliphatic heterocycles. The van der Waals surface area contributed by atoms with Gasteiger partial charge in [-0.3, -0.25) is 4.79 Å². The fourth-order valence-electron chi connectivity index (χ4n) is 2.25. The molecule has 0 spiro atoms. The van der Waals surface area contributed by atoms with E-state index in [1.807, 2.05) is 36.0 Å². The average molecular weight is 288 g/mol. The van der Waals surface area contributed by atoms with E-state index in [0.29, 0.717) is 18.9 Å². The van der Waals surface area contributed by atoms with Gasteiger partial charge in [0.15, 0.2) is 0 Å². The molecule has 1 aromatic carbocycles. The molecular weight excluding hydrogens is 268 g/mol. The van der Waals surface area contributed by atoms with Crippen LogP contribution in [-0.2, 0) is 4.79 Å². The Hall–Kier alpha value is -1.44. The lowest BCUT2D eigenvalue weighted by Crippen LogP contribution is -2.19. The summed E-state index contributed by atoms with van der Waals surface area (Å²) in [4.78, 5) is 12.0. The van der Waals surface area contributed by atoms with E-state index >= 15 is 0 Å². The molecule has 1 aliphatic rings. The highest BCUT2D eigenvalue weighted by atomic mass is 32.2. The molecule has 1 heterocycles. The maximum atomic E-state index is 12.0. The van der Waals surface area contributed by atoms with Gasteiger partial charge in [-0.2, -0.15) is 11.8 Å². The Labute approximate surface area is 124 Å². The molecule has 0 radical (unpaired) electrons. The van der Waals surface area contributed by atoms with Crippen LogP contribution in [0.25, 0.3) is 0 Å². The molecular formula is C16H20N2OS. The van der Waals surface area contributed by atoms with Gasteiger partial charge in [0, 0.05) is 17.7 Å². The van der Waals surface area contributed by atoms with E-state index in [1.54, 1.807) is 0 Å². The lowest BCUT2D eigenvalue weighted by molar-refractivity contribution is -0.117. The molecule has 0 bridgehead atoms. The normalized spacial score (nSPS) is 15.2. The molecule has 0 unspecified atom stereocenters. The van der Waals surface area contributed by atoms with E-state index in [9.17, 15) is 4.79 Å². The largest absolute Gasteiger partial charge is 0.326 e. The van der Waals surface area contributed by atoms with Crippen molar-refractivity contribution in [3.8, 4) is 11.8 Å². The van der Waals surface area contributed by atoms with Gasteiger partial charge in [0.25, 0.3) is 0 Å². The highest BCUT2D eigenvalue weighted by molar-refractivity contribution is 7.99. The molecule has 1 fully saturated rings. The van der Waals surface area contributed by atoms with Crippen molar-refractivity contribution in [1.29, 1.82) is 0 Å². The van der Waals surface area contributed by atoms with Crippen LogP contribution in [0.1, 0.15) is 24.8 Å². The summed E-state index contributed by atoms with van der Waals surface area (Å²) in [7, 11) is 0. The Morgan fingerprint density at radius 2 is 2.20 bits per heavy atom. The van der Waals surface area contributed by atoms with Gasteiger partial charge in [-0.15, -0.1) is 0 Å². The quantitative estimate of drug-likeness (QED) is 0.840. The van der Waals surface area contributed by atoms with Gasteiger partial charge in [-0.05, 0) is 48.5 Å². The topological polar surface area (TPSA) is 55.1 Å². The summed E-state index contributed by atoms with van der Waals surface area (Å²) in [6.45, 7) is 0.344. The molecule has 0 aliphatic carbocycles. The van der Waals surface area contributed by atoms with Crippen LogP contribution in [0, 0.1) is 17.8 Å². The third-order valence-electron chi connectivity index (χ3n) is 3.30. The minimum atomic E-state index is 0.103. The molecule has 3 N–H and O–H groups in total. The van der Waals surface area contributed by atoms with Gasteiger partial charge in [-0.1, -0.05) is 17.9 Å². The number of hydrogen-bond acceptors (Lipinski definition) is 3. The predicted octanol–water partition coefficient (Wildman–Crippen LogP) is 2.47. The van der Waals surface area contributed by atoms with E-state index < -0.39 is 0 Å². The second-order valence-corrected chi connectivity index (χ2v) is 6.12. The Kier molecular flexibility index (Phi) is 5.97. The number of nitrogens with one attached hydrogen (secondary N) is 1. The zero-order chi connectivity index (χ0) is 14.2. The number of hydrogen-bond donors (Lipinski definition) is 2. The van der Waals surface area contributed by atoms with Crippen LogP contribution >= 0.6 is 11.8 Å². The van der Waals surface area contributed by atoms with Crippen molar-refractivity contribution in [1.82, 2.24) is 0 Å². The van der Waals surface area contributed by atoms with E-state index in [2.05, 4.69) is 17.2 Å². The van der Waals surface area contributed by atoms with Crippen molar-refractivity contribution in [2.45, 2.75) is 19.3 Å². The summed E-state index contributed by atoms with van der Waals surface area (Å²) in [5, 5.41) is 2.96. The Bertz CT molecular complexity index is 513. The molecule has 0 aromatic heterocycles. The fourth-order valence-corrected chi connectivity index (χ4v) is 3.46. The van der Waals surface area contributed by atoms with Gasteiger partial charge >= 0.3 is 0 Å². The van der Waals surface area contributed by atoms with E-state index in [-0.39, 0.29) is 5.91 Å². The Balaban J connectivity index is 1.90. The zero-order valence-electron chi connectivity index (χ0n) is 11.5. The van der Waals surface area contributed by atoms with Crippen LogP contribution in [0.4, 0.5) is 5.69 Å². The van der Waals surface area contributed by atoms with Crippen molar-refractivity contribution in [3.63, 3.8) is 0 Å². The van der Waals surface area contributed by atoms with Gasteiger partial charge in [0.1, 0.15) is 0 Å². The minimum absolute atomic E-state index is 0.103. The number of benzene rings is 1. The van der Waals surface area contributed by atoms with Crippen molar-refractivity contribution >= 4 is 23.4 Å². The lowest BCUT2D eigenvalue weighted by Gasteiger charge is -2.20. The number of anilines is 1. The first-order valence-corrected chi connectivity index (χ1v) is 8.10. The van der Waals surface area contributed by atoms with Crippen LogP contribution in [0.2, 0.25) is 0 Å². The van der Waals surface area contributed by atoms with Crippen LogP contribution in [-0.4, -0.2) is 24.0 Å². The number of rotatable bonds is 3. The highest BCUT2D eigenvalue weighted by Gasteiger charge is 2.17. The van der Waals surface area contributed by atoms with Crippen molar-refractivity contribution in [2.75, 3.05) is 23.4 Å². The second-order valence-electron chi connectivity index (χ2n) is 4.89. The van der Waals surface area contributed by atoms with Gasteiger partial charge in [0.05, 0.1) is 6.54 Å². The maximum absolute atomic E-state index is 12.0. The smallest absolute Gasteiger partial charge is 0.224 e. The molecule has 1 amide bonds. The fraction of sp³-hybridized carbons (Fsp3) is 0.438. The molecule has 106 valence electrons. The Morgan fingerprint density at radius 3 is 2.95 bits per heavy atom. The van der Waals surface area contributed by atoms with Crippen molar-refractivity contribution < 1.29 is 4.79 Å². The Morgan fingerprint density at radius 1 is 1.40 bits per heavy atom. The van der Waals surface area contributed by atoms with E-state index in [1.165, 1.54) is 11.5 Å². The van der Waals surface area contributed by atoms with Crippen LogP contribution in [0.15, 0.2) is 24.3 Å². The van der Waals surface area contributed by atoms with Crippen LogP contribution < -0.4 is 11.1 Å². The number of carbonyl (C=O) groups excluding carboxylic acids is 1. The summed E-state index contributed by atoms with van der Waals surface area (Å²) in [6.07, 6.45) is 2.93. The highest BCUT2D eigenvalue weighted by Crippen LogP contribution is 2.25. The van der Waals surface area contributed by atoms with Crippen molar-refractivity contribution in [2.24, 2.45) is 11.7 Å². The molecule has 0 saturated carbocycles. The lowest BCUT2D eigenvalue weighted by atomic mass is 9.98. The van der Waals surface area contributed by atoms with Gasteiger partial charge in [-0.25, -0.2) is 0 Å². The monoisotopic (exact) mass is 288 g/mol. The second kappa shape index (κ2) is 7.98. The number of carbonyl (C=O) groups is 1. The molecule has 4 heteroatoms. The third-order valence-corrected chi connectivity index (χ3v) is 4.34. The first-order valence-electron chi connectivity index (χ1n) is 6.94. The number of thioether (sulfide) groups is 1. The first-order chi connectivity index (χ1) is 9.78. The predicted molar refractivity (Wildman–Crippen MR) is 85.7 cm³/mol. The summed E-state index contributed by atoms with van der Waals surface area (Å²) in [6, 6.07) is 7.59. The van der Waals surface area contributed by atoms with Crippen LogP contribution in [0.5, 0.6) is 0 Å². The van der Waals surface area contributed by atoms with Crippen molar-refractivity contribution in [3.05, 3.63) is 29.8 Å². The van der Waals surface area contributed by atoms with E-state index in [0.717, 1.165) is 24.1 Å². The van der Waals surface area contributed by atoms with Gasteiger partial charge < -0.3 is 11.1 Å². The molecule has 1 aromatic rings. The van der Waals surface area contributed by atoms with E-state index in [4.69, 9.17) is 5.73 Å². The molecule has 2 rings (SSSR count). The first kappa shape index (κ1) is 15.0. The number of amides is 1. The SMILES string of the molecule is NCC#Cc1cccc(NC(=O)CC2CCSCC2)c1. The zero-order valence-corrected chi connectivity index (χ0v) is 12.3. The maximum Gasteiger partial charge on any atom is 0.224 e. The molecule has 0 atom stereocenters. The standard InChI is InChI=1S/C16H20N2OS/c17-8-2-4-13-3-1-5-15(11-13)18-16(19)12-14-6-9-20-10-7-14/h1,3,5,11,14H,6-10,12,17H2,(H,18,19). The summed E-state index contributed by atoms with van der Waals surface area (Å²) < 4.78 is 0. The van der Waals surface area contributed by atoms with Crippen LogP contribution in [0.3, 0.4) is 0 Å². The molecule has 20 heavy (non-hydrogen) atoms. The summed E-state index contributed by atoms with van der Waals surface area (Å²) in [5.41, 5.74) is 7.04. The molecule has 3 nitrogen and oxygen atoms in total. The third kappa shape index (κ3) is 4.92. The summed E-state index contributed by atoms with van der Waals surface area (Å²) >= 11 is 1.98. The summed E-state index contributed by atoms with van der Waals surface area (Å²) in [5.74, 6) is 8.79. The average Bonchev–Trinajstić information content (AvgIpc) is 2.46. The minimum Gasteiger partial charge on any atom is -0.326 e.